The predicted molar refractivity (Wildman–Crippen MR) is 104 cm³/mol. The number of carbonyl (C=O) groups is 2. The van der Waals surface area contributed by atoms with Gasteiger partial charge in [-0.25, -0.2) is 9.67 Å². The van der Waals surface area contributed by atoms with Crippen molar-refractivity contribution in [2.24, 2.45) is 0 Å². The number of hydrogen-bond donors (Lipinski definition) is 2. The van der Waals surface area contributed by atoms with Crippen LogP contribution in [0.4, 0.5) is 0 Å². The third-order valence-electron chi connectivity index (χ3n) is 3.92. The van der Waals surface area contributed by atoms with E-state index in [0.29, 0.717) is 45.1 Å². The van der Waals surface area contributed by atoms with Crippen LogP contribution in [0.3, 0.4) is 0 Å². The van der Waals surface area contributed by atoms with Crippen molar-refractivity contribution < 1.29 is 14.0 Å². The average molecular weight is 422 g/mol. The molecule has 0 saturated heterocycles. The van der Waals surface area contributed by atoms with E-state index in [1.165, 1.54) is 4.68 Å². The minimum atomic E-state index is -0.678. The van der Waals surface area contributed by atoms with Crippen molar-refractivity contribution in [3.63, 3.8) is 0 Å². The summed E-state index contributed by atoms with van der Waals surface area (Å²) in [6.45, 7) is 5.25. The van der Waals surface area contributed by atoms with Crippen LogP contribution in [0.1, 0.15) is 45.2 Å². The Balaban J connectivity index is 1.80. The van der Waals surface area contributed by atoms with Gasteiger partial charge in [-0.05, 0) is 32.0 Å². The van der Waals surface area contributed by atoms with Crippen molar-refractivity contribution in [3.05, 3.63) is 63.0 Å². The van der Waals surface area contributed by atoms with Gasteiger partial charge in [0.25, 0.3) is 5.91 Å². The first-order valence-electron chi connectivity index (χ1n) is 8.39. The van der Waals surface area contributed by atoms with Gasteiger partial charge < -0.3 is 4.42 Å². The molecule has 8 nitrogen and oxygen atoms in total. The highest BCUT2D eigenvalue weighted by molar-refractivity contribution is 6.37. The molecule has 1 aromatic carbocycles. The quantitative estimate of drug-likeness (QED) is 0.628. The lowest BCUT2D eigenvalue weighted by molar-refractivity contribution is 0.0840. The van der Waals surface area contributed by atoms with E-state index >= 15 is 0 Å². The molecule has 0 atom stereocenters. The van der Waals surface area contributed by atoms with Crippen LogP contribution in [0.2, 0.25) is 10.0 Å². The van der Waals surface area contributed by atoms with Gasteiger partial charge in [0.2, 0.25) is 5.82 Å². The van der Waals surface area contributed by atoms with E-state index in [-0.39, 0.29) is 5.82 Å². The number of benzene rings is 1. The van der Waals surface area contributed by atoms with Crippen molar-refractivity contribution in [2.75, 3.05) is 0 Å². The highest BCUT2D eigenvalue weighted by atomic mass is 35.5. The first kappa shape index (κ1) is 19.9. The SMILES string of the molecule is CCc1nc(C(=O)NNC(=O)c2cc(C)oc2C)nn1-c1c(Cl)cccc1Cl. The van der Waals surface area contributed by atoms with Gasteiger partial charge in [-0.3, -0.25) is 20.4 Å². The predicted octanol–water partition coefficient (Wildman–Crippen LogP) is 3.42. The molecule has 0 spiro atoms. The van der Waals surface area contributed by atoms with Crippen molar-refractivity contribution in [1.29, 1.82) is 0 Å². The van der Waals surface area contributed by atoms with Crippen LogP contribution in [0, 0.1) is 13.8 Å². The first-order chi connectivity index (χ1) is 13.3. The van der Waals surface area contributed by atoms with E-state index in [2.05, 4.69) is 20.9 Å². The zero-order chi connectivity index (χ0) is 20.4. The van der Waals surface area contributed by atoms with Crippen molar-refractivity contribution >= 4 is 35.0 Å². The number of halogens is 2. The molecule has 0 aliphatic carbocycles. The van der Waals surface area contributed by atoms with Crippen molar-refractivity contribution in [3.8, 4) is 5.69 Å². The van der Waals surface area contributed by atoms with E-state index in [0.717, 1.165) is 0 Å². The van der Waals surface area contributed by atoms with Gasteiger partial charge in [-0.2, -0.15) is 0 Å². The van der Waals surface area contributed by atoms with E-state index in [4.69, 9.17) is 27.6 Å². The Hall–Kier alpha value is -2.84. The third kappa shape index (κ3) is 3.88. The number of nitrogens with one attached hydrogen (secondary N) is 2. The Morgan fingerprint density at radius 2 is 1.79 bits per heavy atom. The Kier molecular flexibility index (Phi) is 5.71. The Morgan fingerprint density at radius 1 is 1.14 bits per heavy atom. The second kappa shape index (κ2) is 8.04. The van der Waals surface area contributed by atoms with E-state index in [1.807, 2.05) is 6.92 Å². The van der Waals surface area contributed by atoms with Gasteiger partial charge >= 0.3 is 5.91 Å². The lowest BCUT2D eigenvalue weighted by Crippen LogP contribution is -2.42. The Bertz CT molecular complexity index is 1040. The molecule has 10 heteroatoms. The molecule has 0 fully saturated rings. The number of para-hydroxylation sites is 1. The number of hydrazine groups is 1. The number of furan rings is 1. The highest BCUT2D eigenvalue weighted by Crippen LogP contribution is 2.28. The highest BCUT2D eigenvalue weighted by Gasteiger charge is 2.21. The van der Waals surface area contributed by atoms with Gasteiger partial charge in [-0.15, -0.1) is 5.10 Å². The maximum Gasteiger partial charge on any atom is 0.309 e. The van der Waals surface area contributed by atoms with Gasteiger partial charge in [0.1, 0.15) is 23.0 Å². The molecule has 2 amide bonds. The summed E-state index contributed by atoms with van der Waals surface area (Å²) in [6, 6.07) is 6.62. The number of aromatic nitrogens is 3. The molecule has 0 saturated carbocycles. The summed E-state index contributed by atoms with van der Waals surface area (Å²) < 4.78 is 6.73. The molecule has 146 valence electrons. The monoisotopic (exact) mass is 421 g/mol. The smallest absolute Gasteiger partial charge is 0.309 e. The number of carbonyl (C=O) groups excluding carboxylic acids is 2. The largest absolute Gasteiger partial charge is 0.466 e. The summed E-state index contributed by atoms with van der Waals surface area (Å²) in [6.07, 6.45) is 0.488. The van der Waals surface area contributed by atoms with Crippen LogP contribution in [0.25, 0.3) is 5.69 Å². The molecule has 0 aliphatic heterocycles. The molecule has 28 heavy (non-hydrogen) atoms. The molecule has 2 N–H and O–H groups in total. The summed E-state index contributed by atoms with van der Waals surface area (Å²) in [5.41, 5.74) is 5.38. The topological polar surface area (TPSA) is 102 Å². The number of aryl methyl sites for hydroxylation is 3. The number of rotatable bonds is 4. The minimum Gasteiger partial charge on any atom is -0.466 e. The van der Waals surface area contributed by atoms with Crippen LogP contribution < -0.4 is 10.9 Å². The molecule has 0 unspecified atom stereocenters. The maximum atomic E-state index is 12.4. The van der Waals surface area contributed by atoms with Crippen LogP contribution in [0.15, 0.2) is 28.7 Å². The molecule has 0 aliphatic rings. The van der Waals surface area contributed by atoms with Crippen LogP contribution >= 0.6 is 23.2 Å². The fourth-order valence-corrected chi connectivity index (χ4v) is 3.19. The summed E-state index contributed by atoms with van der Waals surface area (Å²) in [5.74, 6) is 0.225. The van der Waals surface area contributed by atoms with Crippen LogP contribution in [0.5, 0.6) is 0 Å². The van der Waals surface area contributed by atoms with Gasteiger partial charge in [0, 0.05) is 6.42 Å². The lowest BCUT2D eigenvalue weighted by atomic mass is 10.2. The Labute approximate surface area is 170 Å². The summed E-state index contributed by atoms with van der Waals surface area (Å²) >= 11 is 12.5. The summed E-state index contributed by atoms with van der Waals surface area (Å²) in [5, 5.41) is 4.95. The second-order valence-corrected chi connectivity index (χ2v) is 6.74. The summed E-state index contributed by atoms with van der Waals surface area (Å²) in [7, 11) is 0. The number of hydrogen-bond acceptors (Lipinski definition) is 5. The van der Waals surface area contributed by atoms with Gasteiger partial charge in [0.05, 0.1) is 15.6 Å². The van der Waals surface area contributed by atoms with E-state index < -0.39 is 11.8 Å². The van der Waals surface area contributed by atoms with Gasteiger partial charge in [-0.1, -0.05) is 36.2 Å². The maximum absolute atomic E-state index is 12.4. The minimum absolute atomic E-state index is 0.131. The fourth-order valence-electron chi connectivity index (χ4n) is 2.63. The van der Waals surface area contributed by atoms with E-state index in [1.54, 1.807) is 38.1 Å². The van der Waals surface area contributed by atoms with Crippen molar-refractivity contribution in [2.45, 2.75) is 27.2 Å². The normalized spacial score (nSPS) is 10.8. The number of nitrogens with zero attached hydrogens (tertiary/aromatic N) is 3. The Morgan fingerprint density at radius 3 is 2.36 bits per heavy atom. The molecular formula is C18H17Cl2N5O3. The fraction of sp³-hybridized carbons (Fsp3) is 0.222. The van der Waals surface area contributed by atoms with E-state index in [9.17, 15) is 9.59 Å². The molecule has 0 radical (unpaired) electrons. The average Bonchev–Trinajstić information content (AvgIpc) is 3.22. The lowest BCUT2D eigenvalue weighted by Gasteiger charge is -2.08. The molecule has 3 aromatic rings. The summed E-state index contributed by atoms with van der Waals surface area (Å²) in [4.78, 5) is 28.8. The van der Waals surface area contributed by atoms with Crippen LogP contribution in [-0.4, -0.2) is 26.6 Å². The molecular weight excluding hydrogens is 405 g/mol. The number of amides is 2. The molecule has 2 aromatic heterocycles. The van der Waals surface area contributed by atoms with Crippen LogP contribution in [-0.2, 0) is 6.42 Å². The molecule has 0 bridgehead atoms. The van der Waals surface area contributed by atoms with Crippen molar-refractivity contribution in [1.82, 2.24) is 25.6 Å². The second-order valence-electron chi connectivity index (χ2n) is 5.92. The molecule has 3 rings (SSSR count). The zero-order valence-corrected chi connectivity index (χ0v) is 16.9. The third-order valence-corrected chi connectivity index (χ3v) is 4.53. The zero-order valence-electron chi connectivity index (χ0n) is 15.3. The van der Waals surface area contributed by atoms with Gasteiger partial charge in [0.15, 0.2) is 0 Å². The standard InChI is InChI=1S/C18H17Cl2N5O3/c1-4-14-21-16(24-25(14)15-12(19)6-5-7-13(15)20)18(27)23-22-17(26)11-8-9(2)28-10(11)3/h5-8H,4H2,1-3H3,(H,22,26)(H,23,27). The first-order valence-corrected chi connectivity index (χ1v) is 9.15. The molecule has 2 heterocycles.